The van der Waals surface area contributed by atoms with Gasteiger partial charge in [-0.15, -0.1) is 0 Å². The molecule has 1 saturated heterocycles. The number of rotatable bonds is 2. The highest BCUT2D eigenvalue weighted by Crippen LogP contribution is 2.38. The SMILES string of the molecule is N=C1C(=C2NC(c3ccc(Cl)cc3)=CS2)CC(=O)N1c1cccc2ccccc12. The van der Waals surface area contributed by atoms with Crippen LogP contribution < -0.4 is 10.2 Å². The minimum atomic E-state index is -0.0869. The van der Waals surface area contributed by atoms with Crippen LogP contribution in [-0.2, 0) is 4.79 Å². The van der Waals surface area contributed by atoms with Gasteiger partial charge in [-0.3, -0.25) is 15.1 Å². The molecule has 0 saturated carbocycles. The highest BCUT2D eigenvalue weighted by molar-refractivity contribution is 8.06. The molecule has 142 valence electrons. The average Bonchev–Trinajstić information content (AvgIpc) is 3.33. The summed E-state index contributed by atoms with van der Waals surface area (Å²) in [5, 5.41) is 17.6. The quantitative estimate of drug-likeness (QED) is 0.557. The van der Waals surface area contributed by atoms with Crippen LogP contribution in [0.2, 0.25) is 5.02 Å². The maximum Gasteiger partial charge on any atom is 0.237 e. The Morgan fingerprint density at radius 1 is 1.00 bits per heavy atom. The van der Waals surface area contributed by atoms with Crippen LogP contribution in [0.25, 0.3) is 16.5 Å². The van der Waals surface area contributed by atoms with Gasteiger partial charge in [0.15, 0.2) is 0 Å². The molecule has 0 radical (unpaired) electrons. The molecule has 0 unspecified atom stereocenters. The second-order valence-corrected chi connectivity index (χ2v) is 8.16. The Labute approximate surface area is 177 Å². The molecule has 5 rings (SSSR count). The zero-order chi connectivity index (χ0) is 20.0. The van der Waals surface area contributed by atoms with Gasteiger partial charge in [0.05, 0.1) is 22.8 Å². The number of fused-ring (bicyclic) bond motifs is 1. The van der Waals surface area contributed by atoms with Gasteiger partial charge in [-0.05, 0) is 29.1 Å². The summed E-state index contributed by atoms with van der Waals surface area (Å²) in [7, 11) is 0. The Hall–Kier alpha value is -3.02. The van der Waals surface area contributed by atoms with Crippen molar-refractivity contribution in [2.24, 2.45) is 0 Å². The Kier molecular flexibility index (Phi) is 4.42. The number of thioether (sulfide) groups is 1. The van der Waals surface area contributed by atoms with Crippen molar-refractivity contribution in [3.8, 4) is 0 Å². The summed E-state index contributed by atoms with van der Waals surface area (Å²) in [5.74, 6) is 0.142. The lowest BCUT2D eigenvalue weighted by Gasteiger charge is -2.18. The predicted octanol–water partition coefficient (Wildman–Crippen LogP) is 5.75. The molecule has 0 aliphatic carbocycles. The van der Waals surface area contributed by atoms with Crippen molar-refractivity contribution in [1.82, 2.24) is 5.32 Å². The molecule has 0 spiro atoms. The lowest BCUT2D eigenvalue weighted by atomic mass is 10.1. The highest BCUT2D eigenvalue weighted by Gasteiger charge is 2.36. The molecule has 1 fully saturated rings. The van der Waals surface area contributed by atoms with Gasteiger partial charge in [-0.2, -0.15) is 0 Å². The lowest BCUT2D eigenvalue weighted by molar-refractivity contribution is -0.116. The summed E-state index contributed by atoms with van der Waals surface area (Å²) in [6.45, 7) is 0. The molecular weight excluding hydrogens is 402 g/mol. The molecule has 1 amide bonds. The van der Waals surface area contributed by atoms with Gasteiger partial charge in [0, 0.05) is 21.4 Å². The molecule has 0 atom stereocenters. The van der Waals surface area contributed by atoms with Crippen LogP contribution in [0, 0.1) is 5.41 Å². The zero-order valence-corrected chi connectivity index (χ0v) is 16.8. The number of anilines is 1. The summed E-state index contributed by atoms with van der Waals surface area (Å²) in [6, 6.07) is 21.3. The summed E-state index contributed by atoms with van der Waals surface area (Å²) < 4.78 is 0. The van der Waals surface area contributed by atoms with E-state index in [1.165, 1.54) is 16.7 Å². The fraction of sp³-hybridized carbons (Fsp3) is 0.0435. The minimum absolute atomic E-state index is 0.0869. The van der Waals surface area contributed by atoms with E-state index in [1.54, 1.807) is 0 Å². The number of nitrogens with zero attached hydrogens (tertiary/aromatic N) is 1. The zero-order valence-electron chi connectivity index (χ0n) is 15.3. The first-order chi connectivity index (χ1) is 14.1. The first kappa shape index (κ1) is 18.0. The number of hydrogen-bond donors (Lipinski definition) is 2. The van der Waals surface area contributed by atoms with Crippen molar-refractivity contribution < 1.29 is 4.79 Å². The van der Waals surface area contributed by atoms with Gasteiger partial charge >= 0.3 is 0 Å². The van der Waals surface area contributed by atoms with Gasteiger partial charge in [-0.1, -0.05) is 71.9 Å². The second kappa shape index (κ2) is 7.10. The smallest absolute Gasteiger partial charge is 0.237 e. The van der Waals surface area contributed by atoms with Crippen LogP contribution in [0.15, 0.2) is 82.7 Å². The van der Waals surface area contributed by atoms with Gasteiger partial charge < -0.3 is 5.32 Å². The van der Waals surface area contributed by atoms with E-state index < -0.39 is 0 Å². The maximum atomic E-state index is 12.9. The van der Waals surface area contributed by atoms with Crippen LogP contribution in [0.1, 0.15) is 12.0 Å². The van der Waals surface area contributed by atoms with Crippen LogP contribution in [0.5, 0.6) is 0 Å². The van der Waals surface area contributed by atoms with Crippen molar-refractivity contribution in [3.63, 3.8) is 0 Å². The monoisotopic (exact) mass is 417 g/mol. The van der Waals surface area contributed by atoms with E-state index in [0.29, 0.717) is 10.6 Å². The summed E-state index contributed by atoms with van der Waals surface area (Å²) >= 11 is 7.48. The topological polar surface area (TPSA) is 56.2 Å². The third kappa shape index (κ3) is 3.12. The Bertz CT molecular complexity index is 1230. The number of carbonyl (C=O) groups excluding carboxylic acids is 1. The molecule has 3 aromatic carbocycles. The number of hydrogen-bond acceptors (Lipinski definition) is 4. The van der Waals surface area contributed by atoms with Crippen molar-refractivity contribution in [3.05, 3.63) is 93.3 Å². The number of amides is 1. The largest absolute Gasteiger partial charge is 0.349 e. The first-order valence-electron chi connectivity index (χ1n) is 9.14. The van der Waals surface area contributed by atoms with Gasteiger partial charge in [-0.25, -0.2) is 0 Å². The highest BCUT2D eigenvalue weighted by atomic mass is 35.5. The van der Waals surface area contributed by atoms with E-state index in [0.717, 1.165) is 32.7 Å². The Balaban J connectivity index is 1.48. The maximum absolute atomic E-state index is 12.9. The van der Waals surface area contributed by atoms with E-state index >= 15 is 0 Å². The number of carbonyl (C=O) groups is 1. The molecule has 6 heteroatoms. The van der Waals surface area contributed by atoms with Crippen LogP contribution in [0.4, 0.5) is 5.69 Å². The van der Waals surface area contributed by atoms with E-state index in [-0.39, 0.29) is 18.2 Å². The van der Waals surface area contributed by atoms with E-state index in [9.17, 15) is 4.79 Å². The molecule has 3 aromatic rings. The number of amidine groups is 1. The Morgan fingerprint density at radius 2 is 1.76 bits per heavy atom. The van der Waals surface area contributed by atoms with E-state index in [4.69, 9.17) is 17.0 Å². The van der Waals surface area contributed by atoms with Crippen LogP contribution in [-0.4, -0.2) is 11.7 Å². The molecule has 0 bridgehead atoms. The summed E-state index contributed by atoms with van der Waals surface area (Å²) in [5.41, 5.74) is 3.42. The molecule has 0 aromatic heterocycles. The third-order valence-electron chi connectivity index (χ3n) is 5.07. The van der Waals surface area contributed by atoms with E-state index in [1.807, 2.05) is 72.1 Å². The fourth-order valence-corrected chi connectivity index (χ4v) is 4.67. The lowest BCUT2D eigenvalue weighted by Crippen LogP contribution is -2.29. The Morgan fingerprint density at radius 3 is 2.59 bits per heavy atom. The number of nitrogens with one attached hydrogen (secondary N) is 2. The molecule has 2 N–H and O–H groups in total. The standard InChI is InChI=1S/C23H16ClN3OS/c24-16-10-8-15(9-11-16)19-13-29-23(26-19)18-12-21(28)27(22(18)25)20-7-3-5-14-4-1-2-6-17(14)20/h1-11,13,25-26H,12H2. The average molecular weight is 418 g/mol. The van der Waals surface area contributed by atoms with Crippen molar-refractivity contribution >= 4 is 57.3 Å². The van der Waals surface area contributed by atoms with E-state index in [2.05, 4.69) is 5.32 Å². The second-order valence-electron chi connectivity index (χ2n) is 6.84. The molecule has 2 heterocycles. The van der Waals surface area contributed by atoms with Gasteiger partial charge in [0.25, 0.3) is 0 Å². The minimum Gasteiger partial charge on any atom is -0.349 e. The predicted molar refractivity (Wildman–Crippen MR) is 121 cm³/mol. The summed E-state index contributed by atoms with van der Waals surface area (Å²) in [6.07, 6.45) is 0.207. The molecule has 2 aliphatic heterocycles. The first-order valence-corrected chi connectivity index (χ1v) is 10.4. The number of benzene rings is 3. The van der Waals surface area contributed by atoms with Gasteiger partial charge in [0.2, 0.25) is 5.91 Å². The van der Waals surface area contributed by atoms with Crippen LogP contribution in [0.3, 0.4) is 0 Å². The molecular formula is C23H16ClN3OS. The van der Waals surface area contributed by atoms with Crippen molar-refractivity contribution in [2.75, 3.05) is 4.90 Å². The third-order valence-corrected chi connectivity index (χ3v) is 6.26. The number of halogens is 1. The van der Waals surface area contributed by atoms with Gasteiger partial charge in [0.1, 0.15) is 5.84 Å². The fourth-order valence-electron chi connectivity index (χ4n) is 3.63. The molecule has 29 heavy (non-hydrogen) atoms. The molecule has 2 aliphatic rings. The van der Waals surface area contributed by atoms with Crippen molar-refractivity contribution in [1.29, 1.82) is 5.41 Å². The van der Waals surface area contributed by atoms with Crippen molar-refractivity contribution in [2.45, 2.75) is 6.42 Å². The molecule has 4 nitrogen and oxygen atoms in total. The van der Waals surface area contributed by atoms with Crippen LogP contribution >= 0.6 is 23.4 Å². The normalized spacial score (nSPS) is 19.1. The summed E-state index contributed by atoms with van der Waals surface area (Å²) in [4.78, 5) is 14.4.